The van der Waals surface area contributed by atoms with Crippen molar-refractivity contribution >= 4 is 57.0 Å². The Balaban J connectivity index is 1.71. The summed E-state index contributed by atoms with van der Waals surface area (Å²) >= 11 is 3.71. The van der Waals surface area contributed by atoms with Gasteiger partial charge in [-0.3, -0.25) is 4.79 Å². The van der Waals surface area contributed by atoms with Crippen LogP contribution in [0.3, 0.4) is 0 Å². The smallest absolute Gasteiger partial charge is 0.237 e. The number of carbonyl (C=O) groups excluding carboxylic acids is 1. The Kier molecular flexibility index (Phi) is 5.22. The Morgan fingerprint density at radius 2 is 2.00 bits per heavy atom. The molecule has 1 atom stereocenters. The monoisotopic (exact) mass is 437 g/mol. The van der Waals surface area contributed by atoms with Crippen LogP contribution in [0.15, 0.2) is 53.7 Å². The molecular formula is C17H16IN3OS. The van der Waals surface area contributed by atoms with Gasteiger partial charge in [0.1, 0.15) is 0 Å². The maximum Gasteiger partial charge on any atom is 0.237 e. The van der Waals surface area contributed by atoms with Crippen LogP contribution < -0.4 is 5.32 Å². The second-order valence-corrected chi connectivity index (χ2v) is 7.51. The topological polar surface area (TPSA) is 57.8 Å². The molecule has 2 aromatic carbocycles. The molecule has 0 aliphatic carbocycles. The van der Waals surface area contributed by atoms with Gasteiger partial charge >= 0.3 is 0 Å². The van der Waals surface area contributed by atoms with Gasteiger partial charge in [-0.15, -0.1) is 0 Å². The molecule has 4 nitrogen and oxygen atoms in total. The van der Waals surface area contributed by atoms with Gasteiger partial charge < -0.3 is 10.3 Å². The third-order valence-corrected chi connectivity index (χ3v) is 5.36. The first-order chi connectivity index (χ1) is 11.2. The Bertz CT molecular complexity index is 783. The molecule has 1 amide bonds. The van der Waals surface area contributed by atoms with Crippen LogP contribution in [0.5, 0.6) is 0 Å². The number of rotatable bonds is 5. The van der Waals surface area contributed by atoms with Gasteiger partial charge in [0, 0.05) is 9.26 Å². The summed E-state index contributed by atoms with van der Waals surface area (Å²) in [6.07, 6.45) is 0.734. The molecule has 0 spiro atoms. The number of nitrogens with one attached hydrogen (secondary N) is 2. The summed E-state index contributed by atoms with van der Waals surface area (Å²) in [5.41, 5.74) is 2.73. The third-order valence-electron chi connectivity index (χ3n) is 3.40. The van der Waals surface area contributed by atoms with Crippen molar-refractivity contribution in [2.24, 2.45) is 0 Å². The predicted molar refractivity (Wildman–Crippen MR) is 104 cm³/mol. The second kappa shape index (κ2) is 7.35. The average Bonchev–Trinajstić information content (AvgIpc) is 2.97. The molecule has 1 unspecified atom stereocenters. The number of hydrogen-bond donors (Lipinski definition) is 2. The summed E-state index contributed by atoms with van der Waals surface area (Å²) in [5, 5.41) is 3.56. The highest BCUT2D eigenvalue weighted by Crippen LogP contribution is 2.26. The van der Waals surface area contributed by atoms with E-state index < -0.39 is 0 Å². The SMILES string of the molecule is CCC(Sc1nc2ccccc2[nH]1)C(=O)Nc1ccc(I)cc1. The zero-order valence-corrected chi connectivity index (χ0v) is 15.5. The van der Waals surface area contributed by atoms with Crippen LogP contribution in [0.4, 0.5) is 5.69 Å². The molecule has 0 fully saturated rings. The zero-order chi connectivity index (χ0) is 16.2. The lowest BCUT2D eigenvalue weighted by molar-refractivity contribution is -0.115. The van der Waals surface area contributed by atoms with Gasteiger partial charge in [-0.05, 0) is 65.4 Å². The van der Waals surface area contributed by atoms with Crippen LogP contribution >= 0.6 is 34.4 Å². The Hall–Kier alpha value is -1.54. The number of nitrogens with zero attached hydrogens (tertiary/aromatic N) is 1. The number of amides is 1. The summed E-state index contributed by atoms with van der Waals surface area (Å²) in [4.78, 5) is 20.3. The minimum absolute atomic E-state index is 0.000774. The lowest BCUT2D eigenvalue weighted by atomic mass is 10.3. The molecule has 3 rings (SSSR count). The first kappa shape index (κ1) is 16.3. The molecule has 3 aromatic rings. The first-order valence-corrected chi connectivity index (χ1v) is 9.29. The molecule has 2 N–H and O–H groups in total. The standard InChI is InChI=1S/C17H16IN3OS/c1-2-15(16(22)19-12-9-7-11(18)8-10-12)23-17-20-13-5-3-4-6-14(13)21-17/h3-10,15H,2H2,1H3,(H,19,22)(H,20,21). The molecule has 0 aliphatic heterocycles. The molecule has 6 heteroatoms. The van der Waals surface area contributed by atoms with Gasteiger partial charge in [-0.1, -0.05) is 30.8 Å². The predicted octanol–water partition coefficient (Wildman–Crippen LogP) is 4.68. The summed E-state index contributed by atoms with van der Waals surface area (Å²) < 4.78 is 1.14. The van der Waals surface area contributed by atoms with Crippen molar-refractivity contribution < 1.29 is 4.79 Å². The van der Waals surface area contributed by atoms with Crippen molar-refractivity contribution in [2.75, 3.05) is 5.32 Å². The van der Waals surface area contributed by atoms with Gasteiger partial charge in [-0.2, -0.15) is 0 Å². The lowest BCUT2D eigenvalue weighted by Crippen LogP contribution is -2.24. The second-order valence-electron chi connectivity index (χ2n) is 5.07. The van der Waals surface area contributed by atoms with E-state index in [0.717, 1.165) is 31.9 Å². The molecule has 23 heavy (non-hydrogen) atoms. The van der Waals surface area contributed by atoms with Crippen LogP contribution in [-0.2, 0) is 4.79 Å². The van der Waals surface area contributed by atoms with Gasteiger partial charge in [0.2, 0.25) is 5.91 Å². The quantitative estimate of drug-likeness (QED) is 0.450. The van der Waals surface area contributed by atoms with E-state index in [9.17, 15) is 4.79 Å². The third kappa shape index (κ3) is 4.06. The molecule has 1 aromatic heterocycles. The summed E-state index contributed by atoms with van der Waals surface area (Å²) in [7, 11) is 0. The van der Waals surface area contributed by atoms with E-state index in [4.69, 9.17) is 0 Å². The highest BCUT2D eigenvalue weighted by atomic mass is 127. The minimum Gasteiger partial charge on any atom is -0.333 e. The fraction of sp³-hybridized carbons (Fsp3) is 0.176. The molecule has 0 bridgehead atoms. The largest absolute Gasteiger partial charge is 0.333 e. The van der Waals surface area contributed by atoms with Gasteiger partial charge in [0.15, 0.2) is 5.16 Å². The summed E-state index contributed by atoms with van der Waals surface area (Å²) in [5.74, 6) is -0.000774. The first-order valence-electron chi connectivity index (χ1n) is 7.33. The highest BCUT2D eigenvalue weighted by Gasteiger charge is 2.19. The molecule has 0 radical (unpaired) electrons. The molecule has 1 heterocycles. The number of hydrogen-bond acceptors (Lipinski definition) is 3. The number of aromatic nitrogens is 2. The number of fused-ring (bicyclic) bond motifs is 1. The van der Waals surface area contributed by atoms with Crippen LogP contribution in [0.25, 0.3) is 11.0 Å². The van der Waals surface area contributed by atoms with E-state index in [2.05, 4.69) is 37.9 Å². The van der Waals surface area contributed by atoms with Crippen LogP contribution in [0.1, 0.15) is 13.3 Å². The molecular weight excluding hydrogens is 421 g/mol. The molecule has 0 saturated carbocycles. The summed E-state index contributed by atoms with van der Waals surface area (Å²) in [6, 6.07) is 15.7. The number of H-pyrrole nitrogens is 1. The fourth-order valence-electron chi connectivity index (χ4n) is 2.20. The van der Waals surface area contributed by atoms with Gasteiger partial charge in [-0.25, -0.2) is 4.98 Å². The van der Waals surface area contributed by atoms with E-state index in [1.807, 2.05) is 55.5 Å². The fourth-order valence-corrected chi connectivity index (χ4v) is 3.48. The number of halogens is 1. The number of thioether (sulfide) groups is 1. The van der Waals surface area contributed by atoms with E-state index >= 15 is 0 Å². The molecule has 0 saturated heterocycles. The number of imidazole rings is 1. The molecule has 118 valence electrons. The van der Waals surface area contributed by atoms with Gasteiger partial charge in [0.25, 0.3) is 0 Å². The van der Waals surface area contributed by atoms with Crippen LogP contribution in [0, 0.1) is 3.57 Å². The highest BCUT2D eigenvalue weighted by molar-refractivity contribution is 14.1. The molecule has 0 aliphatic rings. The Morgan fingerprint density at radius 3 is 2.70 bits per heavy atom. The van der Waals surface area contributed by atoms with Crippen molar-refractivity contribution in [3.8, 4) is 0 Å². The van der Waals surface area contributed by atoms with Crippen molar-refractivity contribution in [1.82, 2.24) is 9.97 Å². The minimum atomic E-state index is -0.185. The normalized spacial score (nSPS) is 12.3. The van der Waals surface area contributed by atoms with Crippen LogP contribution in [0.2, 0.25) is 0 Å². The number of aromatic amines is 1. The van der Waals surface area contributed by atoms with E-state index in [1.54, 1.807) is 0 Å². The van der Waals surface area contributed by atoms with Crippen molar-refractivity contribution in [1.29, 1.82) is 0 Å². The van der Waals surface area contributed by atoms with E-state index in [-0.39, 0.29) is 11.2 Å². The van der Waals surface area contributed by atoms with Crippen LogP contribution in [-0.4, -0.2) is 21.1 Å². The summed E-state index contributed by atoms with van der Waals surface area (Å²) in [6.45, 7) is 2.01. The lowest BCUT2D eigenvalue weighted by Gasteiger charge is -2.13. The maximum atomic E-state index is 12.5. The van der Waals surface area contributed by atoms with E-state index in [1.165, 1.54) is 11.8 Å². The van der Waals surface area contributed by atoms with Crippen molar-refractivity contribution in [2.45, 2.75) is 23.8 Å². The average molecular weight is 437 g/mol. The number of benzene rings is 2. The number of carbonyl (C=O) groups is 1. The van der Waals surface area contributed by atoms with Crippen molar-refractivity contribution in [3.05, 3.63) is 52.1 Å². The maximum absolute atomic E-state index is 12.5. The Morgan fingerprint density at radius 1 is 1.26 bits per heavy atom. The van der Waals surface area contributed by atoms with Gasteiger partial charge in [0.05, 0.1) is 16.3 Å². The Labute approximate surface area is 152 Å². The van der Waals surface area contributed by atoms with Crippen molar-refractivity contribution in [3.63, 3.8) is 0 Å². The zero-order valence-electron chi connectivity index (χ0n) is 12.5. The van der Waals surface area contributed by atoms with E-state index in [0.29, 0.717) is 0 Å². The number of anilines is 1. The number of para-hydroxylation sites is 2.